The van der Waals surface area contributed by atoms with E-state index in [4.69, 9.17) is 0 Å². The largest absolute Gasteiger partial charge is 0.392 e. The van der Waals surface area contributed by atoms with Crippen molar-refractivity contribution in [3.8, 4) is 0 Å². The van der Waals surface area contributed by atoms with Crippen LogP contribution in [0.5, 0.6) is 0 Å². The first-order valence-electron chi connectivity index (χ1n) is 5.78. The van der Waals surface area contributed by atoms with Gasteiger partial charge in [-0.2, -0.15) is 0 Å². The molecule has 0 spiro atoms. The number of halogens is 2. The first-order valence-corrected chi connectivity index (χ1v) is 5.78. The van der Waals surface area contributed by atoms with Gasteiger partial charge in [0.25, 0.3) is 0 Å². The molecule has 0 saturated carbocycles. The smallest absolute Gasteiger partial charge is 0.163 e. The third kappa shape index (κ3) is 3.75. The highest BCUT2D eigenvalue weighted by Gasteiger charge is 2.16. The van der Waals surface area contributed by atoms with Crippen LogP contribution in [0.15, 0.2) is 18.2 Å². The summed E-state index contributed by atoms with van der Waals surface area (Å²) in [5, 5.41) is 12.6. The highest BCUT2D eigenvalue weighted by molar-refractivity contribution is 5.21. The molecular weight excluding hydrogens is 224 g/mol. The third-order valence-electron chi connectivity index (χ3n) is 2.85. The van der Waals surface area contributed by atoms with Crippen LogP contribution in [0.2, 0.25) is 0 Å². The van der Waals surface area contributed by atoms with Gasteiger partial charge in [0.05, 0.1) is 6.10 Å². The first-order chi connectivity index (χ1) is 7.93. The molecule has 2 nitrogen and oxygen atoms in total. The summed E-state index contributed by atoms with van der Waals surface area (Å²) in [5.41, 5.74) is 0.279. The summed E-state index contributed by atoms with van der Waals surface area (Å²) in [6.45, 7) is 5.90. The van der Waals surface area contributed by atoms with E-state index in [1.807, 2.05) is 13.8 Å². The molecule has 0 aliphatic heterocycles. The number of benzene rings is 1. The number of hydrogen-bond acceptors (Lipinski definition) is 2. The number of rotatable bonds is 5. The molecule has 2 atom stereocenters. The molecule has 0 heterocycles. The second-order valence-corrected chi connectivity index (χ2v) is 4.58. The molecule has 0 aromatic heterocycles. The Balaban J connectivity index is 2.64. The summed E-state index contributed by atoms with van der Waals surface area (Å²) < 4.78 is 26.5. The number of hydrogen-bond donors (Lipinski definition) is 2. The van der Waals surface area contributed by atoms with Crippen LogP contribution in [-0.2, 0) is 0 Å². The Hall–Kier alpha value is -1.00. The lowest BCUT2D eigenvalue weighted by atomic mass is 10.0. The second-order valence-electron chi connectivity index (χ2n) is 4.58. The van der Waals surface area contributed by atoms with Gasteiger partial charge >= 0.3 is 0 Å². The fourth-order valence-electron chi connectivity index (χ4n) is 1.50. The molecule has 1 rings (SSSR count). The maximum Gasteiger partial charge on any atom is 0.163 e. The van der Waals surface area contributed by atoms with Crippen LogP contribution in [-0.4, -0.2) is 17.8 Å². The maximum atomic E-state index is 13.5. The van der Waals surface area contributed by atoms with E-state index in [9.17, 15) is 13.9 Å². The van der Waals surface area contributed by atoms with Gasteiger partial charge in [-0.3, -0.25) is 0 Å². The van der Waals surface area contributed by atoms with Crippen molar-refractivity contribution in [2.75, 3.05) is 6.54 Å². The van der Waals surface area contributed by atoms with Gasteiger partial charge in [-0.05, 0) is 18.9 Å². The van der Waals surface area contributed by atoms with E-state index in [0.29, 0.717) is 6.54 Å². The summed E-state index contributed by atoms with van der Waals surface area (Å²) in [4.78, 5) is 0. The van der Waals surface area contributed by atoms with E-state index in [0.717, 1.165) is 6.07 Å². The average molecular weight is 243 g/mol. The molecule has 17 heavy (non-hydrogen) atoms. The molecule has 2 unspecified atom stereocenters. The Morgan fingerprint density at radius 3 is 2.47 bits per heavy atom. The van der Waals surface area contributed by atoms with Crippen molar-refractivity contribution in [3.63, 3.8) is 0 Å². The summed E-state index contributed by atoms with van der Waals surface area (Å²) in [6.07, 6.45) is -0.492. The van der Waals surface area contributed by atoms with E-state index in [-0.39, 0.29) is 17.5 Å². The van der Waals surface area contributed by atoms with Gasteiger partial charge in [-0.25, -0.2) is 8.78 Å². The van der Waals surface area contributed by atoms with Crippen molar-refractivity contribution in [2.24, 2.45) is 5.92 Å². The zero-order chi connectivity index (χ0) is 13.0. The molecule has 0 fully saturated rings. The summed E-state index contributed by atoms with van der Waals surface area (Å²) in [7, 11) is 0. The molecule has 2 N–H and O–H groups in total. The fraction of sp³-hybridized carbons (Fsp3) is 0.538. The van der Waals surface area contributed by atoms with Gasteiger partial charge in [-0.1, -0.05) is 26.0 Å². The van der Waals surface area contributed by atoms with Gasteiger partial charge in [0.1, 0.15) is 0 Å². The first kappa shape index (κ1) is 14.1. The molecule has 0 amide bonds. The van der Waals surface area contributed by atoms with E-state index in [1.54, 1.807) is 6.92 Å². The van der Waals surface area contributed by atoms with Crippen molar-refractivity contribution in [3.05, 3.63) is 35.4 Å². The van der Waals surface area contributed by atoms with E-state index >= 15 is 0 Å². The standard InChI is InChI=1S/C13H19F2NO/c1-8(2)12(17)7-16-9(3)10-5-4-6-11(14)13(10)15/h4-6,8-9,12,16-17H,7H2,1-3H3. The monoisotopic (exact) mass is 243 g/mol. The van der Waals surface area contributed by atoms with E-state index < -0.39 is 17.7 Å². The van der Waals surface area contributed by atoms with Crippen molar-refractivity contribution in [1.82, 2.24) is 5.32 Å². The highest BCUT2D eigenvalue weighted by Crippen LogP contribution is 2.18. The Kier molecular flexibility index (Phi) is 5.02. The topological polar surface area (TPSA) is 32.3 Å². The lowest BCUT2D eigenvalue weighted by Crippen LogP contribution is -2.32. The Morgan fingerprint density at radius 1 is 1.24 bits per heavy atom. The molecule has 0 aliphatic rings. The van der Waals surface area contributed by atoms with Crippen molar-refractivity contribution < 1.29 is 13.9 Å². The number of nitrogens with one attached hydrogen (secondary N) is 1. The second kappa shape index (κ2) is 6.07. The minimum absolute atomic E-state index is 0.132. The zero-order valence-corrected chi connectivity index (χ0v) is 10.4. The molecule has 96 valence electrons. The van der Waals surface area contributed by atoms with E-state index in [1.165, 1.54) is 12.1 Å². The summed E-state index contributed by atoms with van der Waals surface area (Å²) >= 11 is 0. The molecule has 1 aromatic rings. The maximum absolute atomic E-state index is 13.5. The third-order valence-corrected chi connectivity index (χ3v) is 2.85. The predicted molar refractivity (Wildman–Crippen MR) is 63.6 cm³/mol. The van der Waals surface area contributed by atoms with Crippen LogP contribution in [0.3, 0.4) is 0 Å². The van der Waals surface area contributed by atoms with Crippen LogP contribution in [0.25, 0.3) is 0 Å². The summed E-state index contributed by atoms with van der Waals surface area (Å²) in [6, 6.07) is 3.77. The molecule has 0 radical (unpaired) electrons. The van der Waals surface area contributed by atoms with Crippen LogP contribution in [0.4, 0.5) is 8.78 Å². The average Bonchev–Trinajstić information content (AvgIpc) is 2.29. The van der Waals surface area contributed by atoms with Gasteiger partial charge in [0, 0.05) is 18.2 Å². The van der Waals surface area contributed by atoms with Gasteiger partial charge in [0.15, 0.2) is 11.6 Å². The summed E-state index contributed by atoms with van der Waals surface area (Å²) in [5.74, 6) is -1.54. The quantitative estimate of drug-likeness (QED) is 0.833. The lowest BCUT2D eigenvalue weighted by molar-refractivity contribution is 0.120. The van der Waals surface area contributed by atoms with Crippen molar-refractivity contribution in [1.29, 1.82) is 0 Å². The van der Waals surface area contributed by atoms with Crippen molar-refractivity contribution >= 4 is 0 Å². The highest BCUT2D eigenvalue weighted by atomic mass is 19.2. The lowest BCUT2D eigenvalue weighted by Gasteiger charge is -2.20. The number of aliphatic hydroxyl groups is 1. The van der Waals surface area contributed by atoms with Crippen LogP contribution in [0.1, 0.15) is 32.4 Å². The number of aliphatic hydroxyl groups excluding tert-OH is 1. The normalized spacial score (nSPS) is 15.0. The minimum atomic E-state index is -0.847. The SMILES string of the molecule is CC(NCC(O)C(C)C)c1cccc(F)c1F. The Morgan fingerprint density at radius 2 is 1.88 bits per heavy atom. The van der Waals surface area contributed by atoms with Gasteiger partial charge < -0.3 is 10.4 Å². The molecular formula is C13H19F2NO. The molecule has 4 heteroatoms. The Bertz CT molecular complexity index is 368. The molecule has 1 aromatic carbocycles. The van der Waals surface area contributed by atoms with Gasteiger partial charge in [-0.15, -0.1) is 0 Å². The van der Waals surface area contributed by atoms with Crippen LogP contribution < -0.4 is 5.32 Å². The van der Waals surface area contributed by atoms with Gasteiger partial charge in [0.2, 0.25) is 0 Å². The fourth-order valence-corrected chi connectivity index (χ4v) is 1.50. The zero-order valence-electron chi connectivity index (χ0n) is 10.4. The van der Waals surface area contributed by atoms with Crippen molar-refractivity contribution in [2.45, 2.75) is 32.9 Å². The molecule has 0 aliphatic carbocycles. The van der Waals surface area contributed by atoms with Crippen LogP contribution >= 0.6 is 0 Å². The predicted octanol–water partition coefficient (Wildman–Crippen LogP) is 2.63. The minimum Gasteiger partial charge on any atom is -0.392 e. The van der Waals surface area contributed by atoms with Crippen LogP contribution in [0, 0.1) is 17.6 Å². The Labute approximate surface area is 101 Å². The molecule has 0 bridgehead atoms. The van der Waals surface area contributed by atoms with E-state index in [2.05, 4.69) is 5.32 Å². The molecule has 0 saturated heterocycles.